The molecule has 0 spiro atoms. The van der Waals surface area contributed by atoms with E-state index in [0.29, 0.717) is 25.7 Å². The zero-order chi connectivity index (χ0) is 17.3. The fourth-order valence-corrected chi connectivity index (χ4v) is 2.45. The summed E-state index contributed by atoms with van der Waals surface area (Å²) >= 11 is 0. The van der Waals surface area contributed by atoms with Crippen LogP contribution in [-0.2, 0) is 14.3 Å². The number of ether oxygens (including phenoxy) is 1. The van der Waals surface area contributed by atoms with Gasteiger partial charge < -0.3 is 9.84 Å². The van der Waals surface area contributed by atoms with Crippen LogP contribution in [0.3, 0.4) is 0 Å². The Hall–Kier alpha value is -0.900. The monoisotopic (exact) mass is 328 g/mol. The maximum atomic E-state index is 11.6. The normalized spacial score (nSPS) is 12.1. The molecule has 0 heterocycles. The Morgan fingerprint density at radius 1 is 0.826 bits per heavy atom. The molecule has 0 unspecified atom stereocenters. The molecule has 0 rings (SSSR count). The van der Waals surface area contributed by atoms with E-state index in [4.69, 9.17) is 4.74 Å². The van der Waals surface area contributed by atoms with Crippen molar-refractivity contribution in [3.05, 3.63) is 0 Å². The predicted molar refractivity (Wildman–Crippen MR) is 93.3 cm³/mol. The van der Waals surface area contributed by atoms with Crippen LogP contribution in [0, 0.1) is 0 Å². The van der Waals surface area contributed by atoms with Crippen LogP contribution in [0.15, 0.2) is 0 Å². The summed E-state index contributed by atoms with van der Waals surface area (Å²) in [6.45, 7) is 4.48. The number of aliphatic hydroxyl groups is 1. The second-order valence-corrected chi connectivity index (χ2v) is 6.34. The summed E-state index contributed by atoms with van der Waals surface area (Å²) in [5.74, 6) is -0.316. The van der Waals surface area contributed by atoms with Crippen molar-refractivity contribution in [1.82, 2.24) is 0 Å². The second kappa shape index (κ2) is 16.0. The summed E-state index contributed by atoms with van der Waals surface area (Å²) in [4.78, 5) is 23.1. The summed E-state index contributed by atoms with van der Waals surface area (Å²) in [6.07, 6.45) is 11.2. The van der Waals surface area contributed by atoms with Crippen LogP contribution in [0.25, 0.3) is 0 Å². The van der Waals surface area contributed by atoms with Crippen LogP contribution < -0.4 is 0 Å². The Bertz CT molecular complexity index is 302. The first-order valence-corrected chi connectivity index (χ1v) is 9.48. The molecule has 0 aliphatic carbocycles. The SMILES string of the molecule is CCCCCCCCC[C@@H](O)C(=O)OCCCC(=O)CCCC. The average Bonchev–Trinajstić information content (AvgIpc) is 2.55. The molecule has 0 aromatic rings. The highest BCUT2D eigenvalue weighted by Crippen LogP contribution is 2.10. The van der Waals surface area contributed by atoms with Crippen LogP contribution in [0.4, 0.5) is 0 Å². The number of hydrogen-bond donors (Lipinski definition) is 1. The highest BCUT2D eigenvalue weighted by Gasteiger charge is 2.15. The zero-order valence-corrected chi connectivity index (χ0v) is 15.1. The van der Waals surface area contributed by atoms with Gasteiger partial charge in [0.15, 0.2) is 6.10 Å². The van der Waals surface area contributed by atoms with Gasteiger partial charge in [0.25, 0.3) is 0 Å². The minimum atomic E-state index is -1.01. The van der Waals surface area contributed by atoms with Gasteiger partial charge in [-0.15, -0.1) is 0 Å². The molecule has 1 atom stereocenters. The van der Waals surface area contributed by atoms with Gasteiger partial charge in [-0.2, -0.15) is 0 Å². The molecule has 0 radical (unpaired) electrons. The van der Waals surface area contributed by atoms with Crippen LogP contribution in [0.1, 0.15) is 97.3 Å². The molecular weight excluding hydrogens is 292 g/mol. The quantitative estimate of drug-likeness (QED) is 0.333. The van der Waals surface area contributed by atoms with Crippen LogP contribution in [0.2, 0.25) is 0 Å². The van der Waals surface area contributed by atoms with Crippen molar-refractivity contribution >= 4 is 11.8 Å². The first kappa shape index (κ1) is 22.1. The van der Waals surface area contributed by atoms with E-state index in [1.807, 2.05) is 0 Å². The van der Waals surface area contributed by atoms with E-state index >= 15 is 0 Å². The van der Waals surface area contributed by atoms with E-state index in [1.54, 1.807) is 0 Å². The van der Waals surface area contributed by atoms with Gasteiger partial charge in [-0.25, -0.2) is 4.79 Å². The first-order chi connectivity index (χ1) is 11.1. The van der Waals surface area contributed by atoms with Crippen LogP contribution in [0.5, 0.6) is 0 Å². The van der Waals surface area contributed by atoms with Gasteiger partial charge in [-0.05, 0) is 19.3 Å². The number of aliphatic hydroxyl groups excluding tert-OH is 1. The van der Waals surface area contributed by atoms with E-state index in [0.717, 1.165) is 25.7 Å². The van der Waals surface area contributed by atoms with E-state index < -0.39 is 12.1 Å². The van der Waals surface area contributed by atoms with E-state index in [2.05, 4.69) is 13.8 Å². The summed E-state index contributed by atoms with van der Waals surface area (Å²) < 4.78 is 5.03. The molecule has 4 nitrogen and oxygen atoms in total. The molecule has 0 amide bonds. The highest BCUT2D eigenvalue weighted by molar-refractivity contribution is 5.78. The third-order valence-electron chi connectivity index (χ3n) is 4.01. The fraction of sp³-hybridized carbons (Fsp3) is 0.895. The molecule has 4 heteroatoms. The number of hydrogen-bond acceptors (Lipinski definition) is 4. The van der Waals surface area contributed by atoms with E-state index in [9.17, 15) is 14.7 Å². The standard InChI is InChI=1S/C19H36O4/c1-3-5-7-8-9-10-11-15-18(21)19(22)23-16-12-14-17(20)13-6-4-2/h18,21H,3-16H2,1-2H3/t18-/m1/s1. The molecular formula is C19H36O4. The van der Waals surface area contributed by atoms with Crippen molar-refractivity contribution < 1.29 is 19.4 Å². The van der Waals surface area contributed by atoms with Crippen LogP contribution in [-0.4, -0.2) is 29.6 Å². The van der Waals surface area contributed by atoms with Crippen molar-refractivity contribution in [2.45, 2.75) is 103 Å². The lowest BCUT2D eigenvalue weighted by atomic mass is 10.1. The van der Waals surface area contributed by atoms with Crippen molar-refractivity contribution in [3.63, 3.8) is 0 Å². The Morgan fingerprint density at radius 3 is 2.04 bits per heavy atom. The molecule has 136 valence electrons. The van der Waals surface area contributed by atoms with E-state index in [-0.39, 0.29) is 12.4 Å². The summed E-state index contributed by atoms with van der Waals surface area (Å²) in [6, 6.07) is 0. The van der Waals surface area contributed by atoms with Crippen molar-refractivity contribution in [1.29, 1.82) is 0 Å². The number of carbonyl (C=O) groups is 2. The first-order valence-electron chi connectivity index (χ1n) is 9.48. The molecule has 0 bridgehead atoms. The number of ketones is 1. The molecule has 1 N–H and O–H groups in total. The van der Waals surface area contributed by atoms with Crippen molar-refractivity contribution in [2.24, 2.45) is 0 Å². The van der Waals surface area contributed by atoms with Crippen molar-refractivity contribution in [3.8, 4) is 0 Å². The molecule has 0 saturated carbocycles. The molecule has 0 aliphatic rings. The number of rotatable bonds is 16. The average molecular weight is 328 g/mol. The third-order valence-corrected chi connectivity index (χ3v) is 4.01. The van der Waals surface area contributed by atoms with Gasteiger partial charge in [0.1, 0.15) is 5.78 Å². The van der Waals surface area contributed by atoms with Gasteiger partial charge in [0, 0.05) is 12.8 Å². The summed E-state index contributed by atoms with van der Waals surface area (Å²) in [5, 5.41) is 9.74. The van der Waals surface area contributed by atoms with Crippen molar-refractivity contribution in [2.75, 3.05) is 6.61 Å². The lowest BCUT2D eigenvalue weighted by Crippen LogP contribution is -2.23. The van der Waals surface area contributed by atoms with Gasteiger partial charge in [-0.1, -0.05) is 65.2 Å². The van der Waals surface area contributed by atoms with E-state index in [1.165, 1.54) is 32.1 Å². The van der Waals surface area contributed by atoms with Crippen LogP contribution >= 0.6 is 0 Å². The van der Waals surface area contributed by atoms with Gasteiger partial charge in [-0.3, -0.25) is 4.79 Å². The van der Waals surface area contributed by atoms with Gasteiger partial charge in [0.2, 0.25) is 0 Å². The summed E-state index contributed by atoms with van der Waals surface area (Å²) in [5.41, 5.74) is 0. The maximum absolute atomic E-state index is 11.6. The third kappa shape index (κ3) is 14.4. The number of esters is 1. The Kier molecular flexibility index (Phi) is 15.4. The number of carbonyl (C=O) groups excluding carboxylic acids is 2. The van der Waals surface area contributed by atoms with Gasteiger partial charge >= 0.3 is 5.97 Å². The Labute approximate surface area is 142 Å². The molecule has 0 saturated heterocycles. The minimum absolute atomic E-state index is 0.227. The molecule has 23 heavy (non-hydrogen) atoms. The Balaban J connectivity index is 3.50. The number of unbranched alkanes of at least 4 members (excludes halogenated alkanes) is 7. The minimum Gasteiger partial charge on any atom is -0.464 e. The maximum Gasteiger partial charge on any atom is 0.334 e. The molecule has 0 aromatic heterocycles. The topological polar surface area (TPSA) is 63.6 Å². The molecule has 0 fully saturated rings. The second-order valence-electron chi connectivity index (χ2n) is 6.34. The lowest BCUT2D eigenvalue weighted by molar-refractivity contribution is -0.154. The lowest BCUT2D eigenvalue weighted by Gasteiger charge is -2.10. The Morgan fingerprint density at radius 2 is 1.39 bits per heavy atom. The molecule has 0 aromatic carbocycles. The largest absolute Gasteiger partial charge is 0.464 e. The highest BCUT2D eigenvalue weighted by atomic mass is 16.5. The molecule has 0 aliphatic heterocycles. The predicted octanol–water partition coefficient (Wildman–Crippen LogP) is 4.57. The smallest absolute Gasteiger partial charge is 0.334 e. The zero-order valence-electron chi connectivity index (χ0n) is 15.1. The fourth-order valence-electron chi connectivity index (χ4n) is 2.45. The number of Topliss-reactive ketones (excluding diaryl/α,β-unsaturated/α-hetero) is 1. The van der Waals surface area contributed by atoms with Gasteiger partial charge in [0.05, 0.1) is 6.61 Å². The summed E-state index contributed by atoms with van der Waals surface area (Å²) in [7, 11) is 0.